The van der Waals surface area contributed by atoms with Crippen molar-refractivity contribution in [3.63, 3.8) is 0 Å². The van der Waals surface area contributed by atoms with E-state index in [-0.39, 0.29) is 0 Å². The lowest BCUT2D eigenvalue weighted by molar-refractivity contribution is 0.414. The monoisotopic (exact) mass is 377 g/mol. The number of nitrogens with zero attached hydrogens (tertiary/aromatic N) is 3. The predicted molar refractivity (Wildman–Crippen MR) is 112 cm³/mol. The molecule has 0 aliphatic carbocycles. The van der Waals surface area contributed by atoms with Crippen molar-refractivity contribution in [1.82, 2.24) is 20.4 Å². The molecule has 2 aromatic carbocycles. The van der Waals surface area contributed by atoms with Gasteiger partial charge in [-0.2, -0.15) is 5.10 Å². The molecule has 3 rings (SSSR count). The minimum Gasteiger partial charge on any atom is -0.497 e. The van der Waals surface area contributed by atoms with Crippen molar-refractivity contribution < 1.29 is 4.74 Å². The zero-order valence-electron chi connectivity index (χ0n) is 16.4. The van der Waals surface area contributed by atoms with Crippen LogP contribution in [0.2, 0.25) is 0 Å². The summed E-state index contributed by atoms with van der Waals surface area (Å²) in [6, 6.07) is 18.3. The van der Waals surface area contributed by atoms with E-state index >= 15 is 0 Å². The first-order valence-electron chi connectivity index (χ1n) is 9.47. The van der Waals surface area contributed by atoms with Gasteiger partial charge in [-0.15, -0.1) is 0 Å². The molecule has 1 aromatic heterocycles. The first-order chi connectivity index (χ1) is 13.8. The van der Waals surface area contributed by atoms with Crippen LogP contribution in [0.5, 0.6) is 5.75 Å². The van der Waals surface area contributed by atoms with Crippen molar-refractivity contribution >= 4 is 5.96 Å². The topological polar surface area (TPSA) is 63.5 Å². The molecule has 0 bridgehead atoms. The number of benzene rings is 2. The molecule has 0 saturated heterocycles. The molecule has 0 saturated carbocycles. The number of aliphatic imine (C=N–C) groups is 1. The van der Waals surface area contributed by atoms with Crippen molar-refractivity contribution in [1.29, 1.82) is 0 Å². The maximum Gasteiger partial charge on any atom is 0.191 e. The maximum absolute atomic E-state index is 5.20. The zero-order chi connectivity index (χ0) is 19.6. The Morgan fingerprint density at radius 2 is 1.79 bits per heavy atom. The Labute approximate surface area is 166 Å². The summed E-state index contributed by atoms with van der Waals surface area (Å²) in [5, 5.41) is 11.1. The van der Waals surface area contributed by atoms with E-state index in [0.717, 1.165) is 30.4 Å². The second-order valence-corrected chi connectivity index (χ2v) is 6.43. The molecule has 0 atom stereocenters. The van der Waals surface area contributed by atoms with E-state index in [1.54, 1.807) is 7.11 Å². The molecule has 0 aliphatic heterocycles. The fourth-order valence-electron chi connectivity index (χ4n) is 2.79. The van der Waals surface area contributed by atoms with Gasteiger partial charge >= 0.3 is 0 Å². The average molecular weight is 377 g/mol. The summed E-state index contributed by atoms with van der Waals surface area (Å²) in [6.45, 7) is 4.90. The molecule has 0 amide bonds. The van der Waals surface area contributed by atoms with Gasteiger partial charge in [-0.25, -0.2) is 4.99 Å². The highest BCUT2D eigenvalue weighted by atomic mass is 16.5. The summed E-state index contributed by atoms with van der Waals surface area (Å²) >= 11 is 0. The smallest absolute Gasteiger partial charge is 0.191 e. The molecule has 2 N–H and O–H groups in total. The summed E-state index contributed by atoms with van der Waals surface area (Å²) < 4.78 is 7.14. The van der Waals surface area contributed by atoms with E-state index in [1.807, 2.05) is 59.5 Å². The van der Waals surface area contributed by atoms with Crippen LogP contribution in [0.15, 0.2) is 72.0 Å². The molecule has 6 nitrogen and oxygen atoms in total. The van der Waals surface area contributed by atoms with Gasteiger partial charge in [-0.3, -0.25) is 4.68 Å². The largest absolute Gasteiger partial charge is 0.497 e. The lowest BCUT2D eigenvalue weighted by Gasteiger charge is -2.11. The SMILES string of the molecule is CCNC(=NCc1cnn(Cc2ccccc2)c1)NCc1ccc(OC)cc1. The van der Waals surface area contributed by atoms with Gasteiger partial charge in [0, 0.05) is 24.8 Å². The van der Waals surface area contributed by atoms with Crippen LogP contribution in [0, 0.1) is 0 Å². The van der Waals surface area contributed by atoms with Gasteiger partial charge in [0.15, 0.2) is 5.96 Å². The Bertz CT molecular complexity index is 871. The lowest BCUT2D eigenvalue weighted by Crippen LogP contribution is -2.36. The van der Waals surface area contributed by atoms with Gasteiger partial charge in [0.1, 0.15) is 5.75 Å². The molecule has 28 heavy (non-hydrogen) atoms. The second kappa shape index (κ2) is 10.2. The molecule has 1 heterocycles. The number of hydrogen-bond acceptors (Lipinski definition) is 3. The zero-order valence-corrected chi connectivity index (χ0v) is 16.4. The minimum atomic E-state index is 0.576. The standard InChI is InChI=1S/C22H27N5O/c1-3-23-22(24-13-18-9-11-21(28-2)12-10-18)25-14-20-15-26-27(17-20)16-19-7-5-4-6-8-19/h4-12,15,17H,3,13-14,16H2,1-2H3,(H2,23,24,25). The normalized spacial score (nSPS) is 11.3. The molecule has 0 aliphatic rings. The Morgan fingerprint density at radius 1 is 1.00 bits per heavy atom. The summed E-state index contributed by atoms with van der Waals surface area (Å²) in [4.78, 5) is 4.67. The Hall–Kier alpha value is -3.28. The third-order valence-electron chi connectivity index (χ3n) is 4.26. The highest BCUT2D eigenvalue weighted by molar-refractivity contribution is 5.79. The lowest BCUT2D eigenvalue weighted by atomic mass is 10.2. The third-order valence-corrected chi connectivity index (χ3v) is 4.26. The Balaban J connectivity index is 1.56. The van der Waals surface area contributed by atoms with Crippen LogP contribution in [0.4, 0.5) is 0 Å². The number of ether oxygens (including phenoxy) is 1. The maximum atomic E-state index is 5.20. The number of nitrogens with one attached hydrogen (secondary N) is 2. The van der Waals surface area contributed by atoms with Gasteiger partial charge < -0.3 is 15.4 Å². The fourth-order valence-corrected chi connectivity index (χ4v) is 2.79. The van der Waals surface area contributed by atoms with Crippen LogP contribution in [0.25, 0.3) is 0 Å². The number of rotatable bonds is 8. The summed E-state index contributed by atoms with van der Waals surface area (Å²) in [6.07, 6.45) is 3.92. The minimum absolute atomic E-state index is 0.576. The van der Waals surface area contributed by atoms with E-state index in [9.17, 15) is 0 Å². The van der Waals surface area contributed by atoms with Crippen LogP contribution < -0.4 is 15.4 Å². The van der Waals surface area contributed by atoms with Crippen LogP contribution in [-0.2, 0) is 19.6 Å². The van der Waals surface area contributed by atoms with Gasteiger partial charge in [0.05, 0.1) is 26.4 Å². The molecular formula is C22H27N5O. The number of guanidine groups is 1. The van der Waals surface area contributed by atoms with Crippen LogP contribution >= 0.6 is 0 Å². The van der Waals surface area contributed by atoms with Crippen molar-refractivity contribution in [3.05, 3.63) is 83.7 Å². The predicted octanol–water partition coefficient (Wildman–Crippen LogP) is 3.20. The van der Waals surface area contributed by atoms with E-state index in [2.05, 4.69) is 39.8 Å². The second-order valence-electron chi connectivity index (χ2n) is 6.43. The molecule has 0 spiro atoms. The molecule has 0 fully saturated rings. The number of aromatic nitrogens is 2. The van der Waals surface area contributed by atoms with Gasteiger partial charge in [-0.1, -0.05) is 42.5 Å². The van der Waals surface area contributed by atoms with Crippen LogP contribution in [0.3, 0.4) is 0 Å². The summed E-state index contributed by atoms with van der Waals surface area (Å²) in [7, 11) is 1.67. The van der Waals surface area contributed by atoms with Crippen LogP contribution in [-0.4, -0.2) is 29.4 Å². The number of methoxy groups -OCH3 is 1. The van der Waals surface area contributed by atoms with E-state index in [4.69, 9.17) is 4.74 Å². The molecule has 6 heteroatoms. The van der Waals surface area contributed by atoms with E-state index < -0.39 is 0 Å². The molecular weight excluding hydrogens is 350 g/mol. The quantitative estimate of drug-likeness (QED) is 0.467. The van der Waals surface area contributed by atoms with Gasteiger partial charge in [0.25, 0.3) is 0 Å². The Morgan fingerprint density at radius 3 is 2.50 bits per heavy atom. The van der Waals surface area contributed by atoms with Gasteiger partial charge in [-0.05, 0) is 30.2 Å². The van der Waals surface area contributed by atoms with E-state index in [1.165, 1.54) is 11.1 Å². The van der Waals surface area contributed by atoms with E-state index in [0.29, 0.717) is 13.1 Å². The fraction of sp³-hybridized carbons (Fsp3) is 0.273. The molecule has 0 unspecified atom stereocenters. The van der Waals surface area contributed by atoms with Crippen molar-refractivity contribution in [2.75, 3.05) is 13.7 Å². The summed E-state index contributed by atoms with van der Waals surface area (Å²) in [5.74, 6) is 1.64. The Kier molecular flexibility index (Phi) is 7.07. The molecule has 146 valence electrons. The summed E-state index contributed by atoms with van der Waals surface area (Å²) in [5.41, 5.74) is 3.48. The number of hydrogen-bond donors (Lipinski definition) is 2. The third kappa shape index (κ3) is 5.87. The van der Waals surface area contributed by atoms with Crippen molar-refractivity contribution in [2.45, 2.75) is 26.6 Å². The van der Waals surface area contributed by atoms with Crippen molar-refractivity contribution in [3.8, 4) is 5.75 Å². The van der Waals surface area contributed by atoms with Gasteiger partial charge in [0.2, 0.25) is 0 Å². The molecule has 3 aromatic rings. The first-order valence-corrected chi connectivity index (χ1v) is 9.47. The highest BCUT2D eigenvalue weighted by Crippen LogP contribution is 2.11. The van der Waals surface area contributed by atoms with Crippen molar-refractivity contribution in [2.24, 2.45) is 4.99 Å². The highest BCUT2D eigenvalue weighted by Gasteiger charge is 2.02. The average Bonchev–Trinajstić information content (AvgIpc) is 3.18. The first kappa shape index (κ1) is 19.5. The molecule has 0 radical (unpaired) electrons. The van der Waals surface area contributed by atoms with Crippen LogP contribution in [0.1, 0.15) is 23.6 Å².